The molecule has 2 N–H and O–H groups in total. The first kappa shape index (κ1) is 13.3. The minimum atomic E-state index is -4.37. The highest BCUT2D eigenvalue weighted by Crippen LogP contribution is 2.36. The number of alkyl halides is 3. The van der Waals surface area contributed by atoms with Crippen LogP contribution in [-0.2, 0) is 0 Å². The third kappa shape index (κ3) is 3.68. The maximum absolute atomic E-state index is 12.6. The first-order valence-corrected chi connectivity index (χ1v) is 5.43. The molecular weight excluding hydrogens is 242 g/mol. The molecule has 0 amide bonds. The number of hydrogen-bond donors (Lipinski definition) is 1. The summed E-state index contributed by atoms with van der Waals surface area (Å²) in [7, 11) is 0. The Hall–Kier alpha value is -0.750. The van der Waals surface area contributed by atoms with Crippen LogP contribution in [0.1, 0.15) is 6.92 Å². The topological polar surface area (TPSA) is 26.0 Å². The van der Waals surface area contributed by atoms with Crippen LogP contribution in [0, 0.1) is 5.82 Å². The highest BCUT2D eigenvalue weighted by Gasteiger charge is 2.42. The Labute approximate surface area is 95.0 Å². The average Bonchev–Trinajstić information content (AvgIpc) is 2.14. The molecule has 0 bridgehead atoms. The van der Waals surface area contributed by atoms with E-state index in [4.69, 9.17) is 5.73 Å². The van der Waals surface area contributed by atoms with E-state index in [1.807, 2.05) is 0 Å². The monoisotopic (exact) mass is 253 g/mol. The summed E-state index contributed by atoms with van der Waals surface area (Å²) in [6, 6.07) is 3.84. The minimum Gasteiger partial charge on any atom is -0.327 e. The van der Waals surface area contributed by atoms with Crippen LogP contribution in [0.15, 0.2) is 29.2 Å². The van der Waals surface area contributed by atoms with Gasteiger partial charge < -0.3 is 5.73 Å². The first-order chi connectivity index (χ1) is 7.30. The molecule has 1 aromatic rings. The number of thioether (sulfide) groups is 1. The van der Waals surface area contributed by atoms with Crippen molar-refractivity contribution in [3.8, 4) is 0 Å². The molecule has 0 aliphatic carbocycles. The van der Waals surface area contributed by atoms with Gasteiger partial charge in [0.25, 0.3) is 0 Å². The van der Waals surface area contributed by atoms with Crippen molar-refractivity contribution in [2.45, 2.75) is 29.3 Å². The van der Waals surface area contributed by atoms with Gasteiger partial charge in [-0.1, -0.05) is 0 Å². The van der Waals surface area contributed by atoms with Gasteiger partial charge in [-0.2, -0.15) is 13.2 Å². The average molecular weight is 253 g/mol. The predicted octanol–water partition coefficient (Wildman–Crippen LogP) is 3.20. The third-order valence-electron chi connectivity index (χ3n) is 1.88. The molecule has 2 atom stereocenters. The zero-order valence-corrected chi connectivity index (χ0v) is 9.28. The summed E-state index contributed by atoms with van der Waals surface area (Å²) in [5.41, 5.74) is 5.29. The van der Waals surface area contributed by atoms with E-state index < -0.39 is 23.3 Å². The molecule has 0 fully saturated rings. The second kappa shape index (κ2) is 5.05. The highest BCUT2D eigenvalue weighted by molar-refractivity contribution is 8.00. The first-order valence-electron chi connectivity index (χ1n) is 4.55. The van der Waals surface area contributed by atoms with Crippen molar-refractivity contribution in [1.82, 2.24) is 0 Å². The summed E-state index contributed by atoms with van der Waals surface area (Å²) >= 11 is 0.596. The molecule has 1 aromatic carbocycles. The lowest BCUT2D eigenvalue weighted by Crippen LogP contribution is -2.40. The Balaban J connectivity index is 2.80. The van der Waals surface area contributed by atoms with Crippen LogP contribution in [0.25, 0.3) is 0 Å². The van der Waals surface area contributed by atoms with Crippen molar-refractivity contribution >= 4 is 11.8 Å². The Morgan fingerprint density at radius 1 is 1.19 bits per heavy atom. The lowest BCUT2D eigenvalue weighted by Gasteiger charge is -2.22. The van der Waals surface area contributed by atoms with Crippen molar-refractivity contribution in [1.29, 1.82) is 0 Å². The summed E-state index contributed by atoms with van der Waals surface area (Å²) in [5, 5.41) is -1.68. The van der Waals surface area contributed by atoms with Gasteiger partial charge in [-0.15, -0.1) is 11.8 Å². The Morgan fingerprint density at radius 3 is 2.06 bits per heavy atom. The van der Waals surface area contributed by atoms with E-state index >= 15 is 0 Å². The smallest absolute Gasteiger partial charge is 0.327 e. The summed E-state index contributed by atoms with van der Waals surface area (Å²) < 4.78 is 50.2. The molecule has 90 valence electrons. The third-order valence-corrected chi connectivity index (χ3v) is 3.37. The molecule has 2 unspecified atom stereocenters. The maximum Gasteiger partial charge on any atom is 0.402 e. The molecule has 0 saturated heterocycles. The number of nitrogens with two attached hydrogens (primary N) is 1. The minimum absolute atomic E-state index is 0.348. The van der Waals surface area contributed by atoms with E-state index in [-0.39, 0.29) is 0 Å². The van der Waals surface area contributed by atoms with E-state index in [1.54, 1.807) is 0 Å². The van der Waals surface area contributed by atoms with Crippen LogP contribution in [0.2, 0.25) is 0 Å². The van der Waals surface area contributed by atoms with E-state index in [9.17, 15) is 17.6 Å². The van der Waals surface area contributed by atoms with Gasteiger partial charge in [-0.25, -0.2) is 4.39 Å². The molecular formula is C10H11F4NS. The molecule has 0 radical (unpaired) electrons. The van der Waals surface area contributed by atoms with Gasteiger partial charge in [-0.3, -0.25) is 0 Å². The standard InChI is InChI=1S/C10H11F4NS/c1-6(15)9(10(12,13)14)16-8-4-2-7(11)3-5-8/h2-6,9H,15H2,1H3. The Bertz CT molecular complexity index is 334. The second-order valence-corrected chi connectivity index (χ2v) is 4.61. The van der Waals surface area contributed by atoms with Gasteiger partial charge in [0.2, 0.25) is 0 Å². The van der Waals surface area contributed by atoms with Gasteiger partial charge >= 0.3 is 6.18 Å². The van der Waals surface area contributed by atoms with Gasteiger partial charge in [0.15, 0.2) is 0 Å². The fourth-order valence-corrected chi connectivity index (χ4v) is 2.07. The van der Waals surface area contributed by atoms with E-state index in [0.29, 0.717) is 16.7 Å². The molecule has 1 rings (SSSR count). The van der Waals surface area contributed by atoms with Crippen molar-refractivity contribution in [2.75, 3.05) is 0 Å². The van der Waals surface area contributed by atoms with Gasteiger partial charge in [0.05, 0.1) is 0 Å². The van der Waals surface area contributed by atoms with E-state index in [1.165, 1.54) is 19.1 Å². The van der Waals surface area contributed by atoms with E-state index in [0.717, 1.165) is 12.1 Å². The van der Waals surface area contributed by atoms with Crippen LogP contribution in [0.4, 0.5) is 17.6 Å². The van der Waals surface area contributed by atoms with Crippen LogP contribution in [-0.4, -0.2) is 17.5 Å². The molecule has 0 aliphatic rings. The molecule has 0 spiro atoms. The molecule has 0 aromatic heterocycles. The van der Waals surface area contributed by atoms with Crippen molar-refractivity contribution in [2.24, 2.45) is 5.73 Å². The number of benzene rings is 1. The number of rotatable bonds is 3. The summed E-state index contributed by atoms with van der Waals surface area (Å²) in [5.74, 6) is -0.478. The van der Waals surface area contributed by atoms with Gasteiger partial charge in [-0.05, 0) is 31.2 Å². The maximum atomic E-state index is 12.6. The van der Waals surface area contributed by atoms with Crippen LogP contribution >= 0.6 is 11.8 Å². The Kier molecular flexibility index (Phi) is 4.21. The predicted molar refractivity (Wildman–Crippen MR) is 55.7 cm³/mol. The summed E-state index contributed by atoms with van der Waals surface area (Å²) in [6.07, 6.45) is -4.37. The fourth-order valence-electron chi connectivity index (χ4n) is 1.13. The number of halogens is 4. The fraction of sp³-hybridized carbons (Fsp3) is 0.400. The van der Waals surface area contributed by atoms with Crippen LogP contribution < -0.4 is 5.73 Å². The summed E-state index contributed by atoms with van der Waals surface area (Å²) in [4.78, 5) is 0.348. The largest absolute Gasteiger partial charge is 0.402 e. The Morgan fingerprint density at radius 2 is 1.69 bits per heavy atom. The van der Waals surface area contributed by atoms with Gasteiger partial charge in [0.1, 0.15) is 11.1 Å². The lowest BCUT2D eigenvalue weighted by molar-refractivity contribution is -0.131. The molecule has 0 aliphatic heterocycles. The molecule has 0 saturated carbocycles. The van der Waals surface area contributed by atoms with Crippen molar-refractivity contribution in [3.63, 3.8) is 0 Å². The zero-order chi connectivity index (χ0) is 12.3. The van der Waals surface area contributed by atoms with Crippen LogP contribution in [0.3, 0.4) is 0 Å². The summed E-state index contributed by atoms with van der Waals surface area (Å²) in [6.45, 7) is 1.30. The normalized spacial score (nSPS) is 15.9. The van der Waals surface area contributed by atoms with E-state index in [2.05, 4.69) is 0 Å². The molecule has 6 heteroatoms. The lowest BCUT2D eigenvalue weighted by atomic mass is 10.2. The zero-order valence-electron chi connectivity index (χ0n) is 8.46. The second-order valence-electron chi connectivity index (χ2n) is 3.39. The highest BCUT2D eigenvalue weighted by atomic mass is 32.2. The van der Waals surface area contributed by atoms with Crippen molar-refractivity contribution in [3.05, 3.63) is 30.1 Å². The van der Waals surface area contributed by atoms with Gasteiger partial charge in [0, 0.05) is 10.9 Å². The number of hydrogen-bond acceptors (Lipinski definition) is 2. The molecule has 0 heterocycles. The quantitative estimate of drug-likeness (QED) is 0.661. The molecule has 16 heavy (non-hydrogen) atoms. The molecule has 1 nitrogen and oxygen atoms in total. The van der Waals surface area contributed by atoms with Crippen molar-refractivity contribution < 1.29 is 17.6 Å². The SMILES string of the molecule is CC(N)C(Sc1ccc(F)cc1)C(F)(F)F. The van der Waals surface area contributed by atoms with Crippen LogP contribution in [0.5, 0.6) is 0 Å².